The summed E-state index contributed by atoms with van der Waals surface area (Å²) in [5.41, 5.74) is 17.8. The fraction of sp³-hybridized carbons (Fsp3) is 0.164. The lowest BCUT2D eigenvalue weighted by atomic mass is 9.81. The van der Waals surface area contributed by atoms with Gasteiger partial charge in [-0.1, -0.05) is 185 Å². The third-order valence-electron chi connectivity index (χ3n) is 12.7. The summed E-state index contributed by atoms with van der Waals surface area (Å²) in [5, 5.41) is 2.69. The first-order chi connectivity index (χ1) is 27.6. The van der Waals surface area contributed by atoms with Gasteiger partial charge in [0.05, 0.1) is 5.69 Å². The summed E-state index contributed by atoms with van der Waals surface area (Å²) in [6.07, 6.45) is 6.57. The van der Waals surface area contributed by atoms with Crippen molar-refractivity contribution in [3.8, 4) is 44.5 Å². The lowest BCUT2D eigenvalue weighted by Crippen LogP contribution is -2.17. The fourth-order valence-corrected chi connectivity index (χ4v) is 9.89. The highest BCUT2D eigenvalue weighted by molar-refractivity contribution is 6.02. The minimum atomic E-state index is -0.0979. The second-order valence-electron chi connectivity index (χ2n) is 16.3. The molecule has 0 heterocycles. The van der Waals surface area contributed by atoms with Crippen molar-refractivity contribution in [2.75, 3.05) is 4.90 Å². The molecule has 0 saturated heterocycles. The summed E-state index contributed by atoms with van der Waals surface area (Å²) in [6.45, 7) is 4.76. The Bertz CT molecular complexity index is 2620. The highest BCUT2D eigenvalue weighted by atomic mass is 15.1. The molecule has 1 nitrogen and oxygen atoms in total. The predicted molar refractivity (Wildman–Crippen MR) is 238 cm³/mol. The molecule has 56 heavy (non-hydrogen) atoms. The van der Waals surface area contributed by atoms with Gasteiger partial charge in [-0.25, -0.2) is 0 Å². The third kappa shape index (κ3) is 5.85. The van der Waals surface area contributed by atoms with E-state index < -0.39 is 0 Å². The average Bonchev–Trinajstić information content (AvgIpc) is 3.50. The van der Waals surface area contributed by atoms with Gasteiger partial charge in [-0.15, -0.1) is 0 Å². The lowest BCUT2D eigenvalue weighted by Gasteiger charge is -2.30. The summed E-state index contributed by atoms with van der Waals surface area (Å²) >= 11 is 0. The maximum atomic E-state index is 2.51. The zero-order valence-corrected chi connectivity index (χ0v) is 32.4. The Hall–Kier alpha value is -6.18. The van der Waals surface area contributed by atoms with E-state index in [2.05, 4.69) is 201 Å². The molecule has 8 aromatic carbocycles. The van der Waals surface area contributed by atoms with Gasteiger partial charge in [0.15, 0.2) is 0 Å². The van der Waals surface area contributed by atoms with Crippen molar-refractivity contribution in [3.05, 3.63) is 199 Å². The summed E-state index contributed by atoms with van der Waals surface area (Å²) in [5.74, 6) is 0.623. The van der Waals surface area contributed by atoms with E-state index >= 15 is 0 Å². The maximum Gasteiger partial charge on any atom is 0.0540 e. The van der Waals surface area contributed by atoms with E-state index in [-0.39, 0.29) is 5.41 Å². The monoisotopic (exact) mass is 721 g/mol. The van der Waals surface area contributed by atoms with Crippen molar-refractivity contribution < 1.29 is 0 Å². The molecule has 0 atom stereocenters. The molecule has 2 aliphatic rings. The molecule has 1 fully saturated rings. The van der Waals surface area contributed by atoms with E-state index in [4.69, 9.17) is 0 Å². The van der Waals surface area contributed by atoms with Crippen LogP contribution in [0.25, 0.3) is 55.3 Å². The minimum Gasteiger partial charge on any atom is -0.310 e. The average molecular weight is 722 g/mol. The second kappa shape index (κ2) is 14.2. The van der Waals surface area contributed by atoms with Crippen molar-refractivity contribution in [2.24, 2.45) is 0 Å². The first-order valence-corrected chi connectivity index (χ1v) is 20.5. The van der Waals surface area contributed by atoms with Gasteiger partial charge in [0.1, 0.15) is 0 Å². The number of nitrogens with zero attached hydrogens (tertiary/aromatic N) is 1. The van der Waals surface area contributed by atoms with Gasteiger partial charge in [0.25, 0.3) is 0 Å². The highest BCUT2D eigenvalue weighted by Crippen LogP contribution is 2.52. The molecule has 272 valence electrons. The van der Waals surface area contributed by atoms with Gasteiger partial charge in [0, 0.05) is 22.2 Å². The van der Waals surface area contributed by atoms with Gasteiger partial charge in [-0.2, -0.15) is 0 Å². The van der Waals surface area contributed by atoms with Crippen LogP contribution in [0.2, 0.25) is 0 Å². The molecule has 0 aromatic heterocycles. The Kier molecular flexibility index (Phi) is 8.67. The largest absolute Gasteiger partial charge is 0.310 e. The zero-order chi connectivity index (χ0) is 37.6. The van der Waals surface area contributed by atoms with Crippen LogP contribution in [-0.2, 0) is 5.41 Å². The fourth-order valence-electron chi connectivity index (χ4n) is 9.89. The van der Waals surface area contributed by atoms with E-state index in [1.54, 1.807) is 0 Å². The standard InChI is InChI=1S/C55H47N/c1-55(2)51-28-15-14-24-48(51)49-34-33-43(37-52(49)55)56(53-36-35-44(38-17-6-3-7-18-38)47-23-12-13-25-50(47)53)42-31-29-41(30-32-42)54-45(39-19-8-4-9-20-39)26-16-27-46(54)40-21-10-5-11-22-40/h4-5,8-16,19-38H,3,6-7,17-18H2,1-2H3. The number of hydrogen-bond donors (Lipinski definition) is 0. The van der Waals surface area contributed by atoms with E-state index in [9.17, 15) is 0 Å². The van der Waals surface area contributed by atoms with E-state index in [0.717, 1.165) is 5.69 Å². The molecule has 0 amide bonds. The van der Waals surface area contributed by atoms with Crippen LogP contribution in [-0.4, -0.2) is 0 Å². The number of rotatable bonds is 7. The van der Waals surface area contributed by atoms with Crippen LogP contribution in [0.5, 0.6) is 0 Å². The Morgan fingerprint density at radius 1 is 0.429 bits per heavy atom. The number of anilines is 3. The normalized spacial score (nSPS) is 14.7. The van der Waals surface area contributed by atoms with E-state index in [1.165, 1.54) is 115 Å². The highest BCUT2D eigenvalue weighted by Gasteiger charge is 2.36. The number of fused-ring (bicyclic) bond motifs is 4. The van der Waals surface area contributed by atoms with Crippen LogP contribution in [0.1, 0.15) is 68.6 Å². The quantitative estimate of drug-likeness (QED) is 0.158. The molecule has 0 bridgehead atoms. The molecule has 1 heteroatoms. The molecule has 10 rings (SSSR count). The van der Waals surface area contributed by atoms with Gasteiger partial charge in [-0.05, 0) is 116 Å². The Morgan fingerprint density at radius 2 is 1.00 bits per heavy atom. The summed E-state index contributed by atoms with van der Waals surface area (Å²) in [4.78, 5) is 2.51. The molecule has 0 N–H and O–H groups in total. The van der Waals surface area contributed by atoms with Crippen LogP contribution < -0.4 is 4.90 Å². The summed E-state index contributed by atoms with van der Waals surface area (Å²) in [6, 6.07) is 67.8. The first-order valence-electron chi connectivity index (χ1n) is 20.5. The van der Waals surface area contributed by atoms with Crippen LogP contribution in [0, 0.1) is 0 Å². The van der Waals surface area contributed by atoms with Crippen molar-refractivity contribution in [3.63, 3.8) is 0 Å². The van der Waals surface area contributed by atoms with Crippen LogP contribution in [0.15, 0.2) is 182 Å². The molecule has 0 spiro atoms. The molecular weight excluding hydrogens is 675 g/mol. The predicted octanol–water partition coefficient (Wildman–Crippen LogP) is 15.7. The molecule has 0 radical (unpaired) electrons. The third-order valence-corrected chi connectivity index (χ3v) is 12.7. The Morgan fingerprint density at radius 3 is 1.70 bits per heavy atom. The Labute approximate surface area is 331 Å². The minimum absolute atomic E-state index is 0.0979. The first kappa shape index (κ1) is 34.3. The van der Waals surface area contributed by atoms with Gasteiger partial charge >= 0.3 is 0 Å². The lowest BCUT2D eigenvalue weighted by molar-refractivity contribution is 0.445. The molecule has 8 aromatic rings. The molecule has 0 aliphatic heterocycles. The zero-order valence-electron chi connectivity index (χ0n) is 32.4. The van der Waals surface area contributed by atoms with Crippen molar-refractivity contribution >= 4 is 27.8 Å². The maximum absolute atomic E-state index is 2.51. The van der Waals surface area contributed by atoms with Crippen LogP contribution in [0.3, 0.4) is 0 Å². The van der Waals surface area contributed by atoms with Gasteiger partial charge in [-0.3, -0.25) is 0 Å². The smallest absolute Gasteiger partial charge is 0.0540 e. The van der Waals surface area contributed by atoms with Crippen LogP contribution >= 0.6 is 0 Å². The summed E-state index contributed by atoms with van der Waals surface area (Å²) < 4.78 is 0. The van der Waals surface area contributed by atoms with Crippen molar-refractivity contribution in [2.45, 2.75) is 57.3 Å². The van der Waals surface area contributed by atoms with Gasteiger partial charge in [0.2, 0.25) is 0 Å². The van der Waals surface area contributed by atoms with Gasteiger partial charge < -0.3 is 4.90 Å². The molecular formula is C55H47N. The number of benzene rings is 8. The van der Waals surface area contributed by atoms with Crippen molar-refractivity contribution in [1.82, 2.24) is 0 Å². The number of hydrogen-bond acceptors (Lipinski definition) is 1. The van der Waals surface area contributed by atoms with Crippen molar-refractivity contribution in [1.29, 1.82) is 0 Å². The molecule has 1 saturated carbocycles. The van der Waals surface area contributed by atoms with Crippen LogP contribution in [0.4, 0.5) is 17.1 Å². The van der Waals surface area contributed by atoms with E-state index in [0.29, 0.717) is 5.92 Å². The van der Waals surface area contributed by atoms with E-state index in [1.807, 2.05) is 0 Å². The molecule has 2 aliphatic carbocycles. The SMILES string of the molecule is CC1(C)c2ccccc2-c2ccc(N(c3ccc(-c4c(-c5ccccc5)cccc4-c4ccccc4)cc3)c3ccc(C4CCCCC4)c4ccccc34)cc21. The summed E-state index contributed by atoms with van der Waals surface area (Å²) in [7, 11) is 0. The second-order valence-corrected chi connectivity index (χ2v) is 16.3. The topological polar surface area (TPSA) is 3.24 Å². The Balaban J connectivity index is 1.16. The molecule has 0 unspecified atom stereocenters.